The van der Waals surface area contributed by atoms with Crippen LogP contribution in [0.1, 0.15) is 10.7 Å². The SMILES string of the molecule is Cn1c(-c2nnc(C(=O)O)o2)cc2ccccc21. The first kappa shape index (κ1) is 10.5. The monoisotopic (exact) mass is 243 g/mol. The van der Waals surface area contributed by atoms with E-state index in [0.29, 0.717) is 5.69 Å². The Morgan fingerprint density at radius 3 is 2.78 bits per heavy atom. The van der Waals surface area contributed by atoms with Crippen molar-refractivity contribution in [2.45, 2.75) is 0 Å². The van der Waals surface area contributed by atoms with Crippen LogP contribution in [0.5, 0.6) is 0 Å². The Morgan fingerprint density at radius 2 is 2.11 bits per heavy atom. The lowest BCUT2D eigenvalue weighted by molar-refractivity contribution is 0.0654. The minimum atomic E-state index is -1.23. The lowest BCUT2D eigenvalue weighted by Crippen LogP contribution is -1.95. The van der Waals surface area contributed by atoms with Crippen LogP contribution < -0.4 is 0 Å². The largest absolute Gasteiger partial charge is 0.474 e. The van der Waals surface area contributed by atoms with Gasteiger partial charge in [0.25, 0.3) is 5.89 Å². The van der Waals surface area contributed by atoms with Gasteiger partial charge in [0.1, 0.15) is 5.69 Å². The number of hydrogen-bond acceptors (Lipinski definition) is 4. The summed E-state index contributed by atoms with van der Waals surface area (Å²) in [4.78, 5) is 10.7. The molecule has 3 aromatic rings. The molecule has 3 rings (SSSR count). The second-order valence-corrected chi connectivity index (χ2v) is 3.86. The fourth-order valence-electron chi connectivity index (χ4n) is 1.91. The van der Waals surface area contributed by atoms with Gasteiger partial charge in [0.2, 0.25) is 0 Å². The van der Waals surface area contributed by atoms with Gasteiger partial charge in [-0.15, -0.1) is 10.2 Å². The predicted molar refractivity (Wildman–Crippen MR) is 63.2 cm³/mol. The molecule has 90 valence electrons. The van der Waals surface area contributed by atoms with Crippen molar-refractivity contribution < 1.29 is 14.3 Å². The molecule has 0 spiro atoms. The molecule has 1 aromatic carbocycles. The van der Waals surface area contributed by atoms with Gasteiger partial charge in [0.15, 0.2) is 0 Å². The highest BCUT2D eigenvalue weighted by molar-refractivity contribution is 5.86. The molecule has 1 N–H and O–H groups in total. The molecule has 0 aliphatic carbocycles. The molecule has 0 bridgehead atoms. The van der Waals surface area contributed by atoms with Crippen LogP contribution in [0.3, 0.4) is 0 Å². The zero-order valence-corrected chi connectivity index (χ0v) is 9.49. The lowest BCUT2D eigenvalue weighted by Gasteiger charge is -1.98. The first-order chi connectivity index (χ1) is 8.66. The minimum Gasteiger partial charge on any atom is -0.474 e. The molecule has 0 radical (unpaired) electrons. The number of carboxylic acid groups (broad SMARTS) is 1. The van der Waals surface area contributed by atoms with Crippen molar-refractivity contribution in [3.63, 3.8) is 0 Å². The first-order valence-electron chi connectivity index (χ1n) is 5.28. The molecule has 0 fully saturated rings. The molecule has 0 saturated heterocycles. The highest BCUT2D eigenvalue weighted by Crippen LogP contribution is 2.25. The normalized spacial score (nSPS) is 10.9. The van der Waals surface area contributed by atoms with Crippen LogP contribution in [0.4, 0.5) is 0 Å². The number of carboxylic acids is 1. The van der Waals surface area contributed by atoms with Crippen molar-refractivity contribution in [3.05, 3.63) is 36.2 Å². The molecule has 0 atom stereocenters. The Balaban J connectivity index is 2.18. The third-order valence-electron chi connectivity index (χ3n) is 2.78. The summed E-state index contributed by atoms with van der Waals surface area (Å²) < 4.78 is 6.98. The molecule has 0 aliphatic rings. The predicted octanol–water partition coefficient (Wildman–Crippen LogP) is 1.93. The number of para-hydroxylation sites is 1. The van der Waals surface area contributed by atoms with E-state index in [4.69, 9.17) is 9.52 Å². The number of hydrogen-bond donors (Lipinski definition) is 1. The number of nitrogens with zero attached hydrogens (tertiary/aromatic N) is 3. The summed E-state index contributed by atoms with van der Waals surface area (Å²) in [7, 11) is 1.86. The molecular formula is C12H9N3O3. The summed E-state index contributed by atoms with van der Waals surface area (Å²) in [6.45, 7) is 0. The third-order valence-corrected chi connectivity index (χ3v) is 2.78. The van der Waals surface area contributed by atoms with Crippen molar-refractivity contribution in [2.75, 3.05) is 0 Å². The Kier molecular flexibility index (Phi) is 2.16. The van der Waals surface area contributed by atoms with E-state index in [1.807, 2.05) is 41.9 Å². The number of aryl methyl sites for hydroxylation is 1. The van der Waals surface area contributed by atoms with Crippen LogP contribution in [0.25, 0.3) is 22.5 Å². The molecule has 18 heavy (non-hydrogen) atoms. The van der Waals surface area contributed by atoms with E-state index >= 15 is 0 Å². The fraction of sp³-hybridized carbons (Fsp3) is 0.0833. The summed E-state index contributed by atoms with van der Waals surface area (Å²) in [6, 6.07) is 9.68. The third kappa shape index (κ3) is 1.46. The number of carbonyl (C=O) groups is 1. The summed E-state index contributed by atoms with van der Waals surface area (Å²) in [6.07, 6.45) is 0. The molecule has 0 amide bonds. The van der Waals surface area contributed by atoms with Gasteiger partial charge in [-0.05, 0) is 12.1 Å². The second-order valence-electron chi connectivity index (χ2n) is 3.86. The highest BCUT2D eigenvalue weighted by Gasteiger charge is 2.17. The zero-order valence-electron chi connectivity index (χ0n) is 9.49. The van der Waals surface area contributed by atoms with E-state index in [2.05, 4.69) is 10.2 Å². The Labute approximate surface area is 101 Å². The van der Waals surface area contributed by atoms with Gasteiger partial charge in [-0.2, -0.15) is 0 Å². The maximum absolute atomic E-state index is 10.7. The molecule has 0 unspecified atom stereocenters. The smallest absolute Gasteiger partial charge is 0.393 e. The molecule has 0 saturated carbocycles. The molecule has 6 nitrogen and oxygen atoms in total. The fourth-order valence-corrected chi connectivity index (χ4v) is 1.91. The average Bonchev–Trinajstić information content (AvgIpc) is 2.95. The van der Waals surface area contributed by atoms with Crippen molar-refractivity contribution in [1.82, 2.24) is 14.8 Å². The van der Waals surface area contributed by atoms with Crippen LogP contribution in [-0.2, 0) is 7.05 Å². The molecule has 2 heterocycles. The van der Waals surface area contributed by atoms with Gasteiger partial charge in [0, 0.05) is 18.0 Å². The Hall–Kier alpha value is -2.63. The lowest BCUT2D eigenvalue weighted by atomic mass is 10.2. The zero-order chi connectivity index (χ0) is 12.7. The molecule has 6 heteroatoms. The second kappa shape index (κ2) is 3.69. The van der Waals surface area contributed by atoms with Crippen LogP contribution >= 0.6 is 0 Å². The van der Waals surface area contributed by atoms with Crippen LogP contribution in [-0.4, -0.2) is 25.8 Å². The van der Waals surface area contributed by atoms with Crippen molar-refractivity contribution in [2.24, 2.45) is 7.05 Å². The summed E-state index contributed by atoms with van der Waals surface area (Å²) in [5.74, 6) is -1.44. The topological polar surface area (TPSA) is 81.2 Å². The van der Waals surface area contributed by atoms with Gasteiger partial charge in [-0.25, -0.2) is 4.79 Å². The minimum absolute atomic E-state index is 0.200. The Morgan fingerprint density at radius 1 is 1.33 bits per heavy atom. The van der Waals surface area contributed by atoms with E-state index in [-0.39, 0.29) is 5.89 Å². The summed E-state index contributed by atoms with van der Waals surface area (Å²) in [5.41, 5.74) is 1.71. The van der Waals surface area contributed by atoms with E-state index in [0.717, 1.165) is 10.9 Å². The molecule has 2 aromatic heterocycles. The maximum Gasteiger partial charge on any atom is 0.393 e. The number of rotatable bonds is 2. The highest BCUT2D eigenvalue weighted by atomic mass is 16.4. The van der Waals surface area contributed by atoms with Crippen LogP contribution in [0, 0.1) is 0 Å². The van der Waals surface area contributed by atoms with E-state index < -0.39 is 11.9 Å². The van der Waals surface area contributed by atoms with Gasteiger partial charge < -0.3 is 14.1 Å². The number of aromatic nitrogens is 3. The standard InChI is InChI=1S/C12H9N3O3/c1-15-8-5-3-2-4-7(8)6-9(15)10-13-14-11(18-10)12(16)17/h2-6H,1H3,(H,16,17). The van der Waals surface area contributed by atoms with Crippen molar-refractivity contribution in [3.8, 4) is 11.6 Å². The molecular weight excluding hydrogens is 234 g/mol. The Bertz CT molecular complexity index is 742. The van der Waals surface area contributed by atoms with E-state index in [1.54, 1.807) is 0 Å². The van der Waals surface area contributed by atoms with Gasteiger partial charge in [0.05, 0.1) is 0 Å². The summed E-state index contributed by atoms with van der Waals surface area (Å²) >= 11 is 0. The number of benzene rings is 1. The van der Waals surface area contributed by atoms with Crippen LogP contribution in [0.15, 0.2) is 34.7 Å². The quantitative estimate of drug-likeness (QED) is 0.743. The van der Waals surface area contributed by atoms with E-state index in [1.165, 1.54) is 0 Å². The number of fused-ring (bicyclic) bond motifs is 1. The van der Waals surface area contributed by atoms with E-state index in [9.17, 15) is 4.79 Å². The van der Waals surface area contributed by atoms with Gasteiger partial charge in [-0.3, -0.25) is 0 Å². The average molecular weight is 243 g/mol. The number of aromatic carboxylic acids is 1. The van der Waals surface area contributed by atoms with Crippen LogP contribution in [0.2, 0.25) is 0 Å². The summed E-state index contributed by atoms with van der Waals surface area (Å²) in [5, 5.41) is 17.0. The maximum atomic E-state index is 10.7. The first-order valence-corrected chi connectivity index (χ1v) is 5.28. The van der Waals surface area contributed by atoms with Crippen molar-refractivity contribution in [1.29, 1.82) is 0 Å². The van der Waals surface area contributed by atoms with Gasteiger partial charge >= 0.3 is 11.9 Å². The van der Waals surface area contributed by atoms with Gasteiger partial charge in [-0.1, -0.05) is 18.2 Å². The molecule has 0 aliphatic heterocycles. The van der Waals surface area contributed by atoms with Crippen molar-refractivity contribution >= 4 is 16.9 Å².